The molecule has 0 aromatic carbocycles. The lowest BCUT2D eigenvalue weighted by Gasteiger charge is -2.05. The zero-order chi connectivity index (χ0) is 13.1. The highest BCUT2D eigenvalue weighted by Crippen LogP contribution is 2.37. The van der Waals surface area contributed by atoms with E-state index < -0.39 is 0 Å². The van der Waals surface area contributed by atoms with E-state index in [2.05, 4.69) is 32.7 Å². The summed E-state index contributed by atoms with van der Waals surface area (Å²) in [6.07, 6.45) is 3.42. The third-order valence-electron chi connectivity index (χ3n) is 2.83. The molecule has 2 heterocycles. The van der Waals surface area contributed by atoms with Crippen LogP contribution in [0.1, 0.15) is 32.2 Å². The Bertz CT molecular complexity index is 551. The van der Waals surface area contributed by atoms with Crippen LogP contribution >= 0.6 is 11.8 Å². The molecular weight excluding hydrogens is 260 g/mol. The van der Waals surface area contributed by atoms with Crippen LogP contribution in [0.25, 0.3) is 0 Å². The Balaban J connectivity index is 1.73. The SMILES string of the molecule is CCCNc1cccc(Sc2nnnn2C2CC2)n1. The molecule has 1 fully saturated rings. The minimum atomic E-state index is 0.485. The Morgan fingerprint density at radius 2 is 2.32 bits per heavy atom. The standard InChI is InChI=1S/C12H16N6S/c1-2-8-13-10-4-3-5-11(14-10)19-12-15-16-17-18(12)9-6-7-9/h3-5,9H,2,6-8H2,1H3,(H,13,14). The molecule has 7 heteroatoms. The van der Waals surface area contributed by atoms with Crippen molar-refractivity contribution in [2.75, 3.05) is 11.9 Å². The Morgan fingerprint density at radius 1 is 1.42 bits per heavy atom. The molecule has 1 N–H and O–H groups in total. The molecule has 6 nitrogen and oxygen atoms in total. The van der Waals surface area contributed by atoms with Gasteiger partial charge in [0.05, 0.1) is 6.04 Å². The molecule has 100 valence electrons. The molecule has 1 aliphatic carbocycles. The first kappa shape index (κ1) is 12.4. The minimum absolute atomic E-state index is 0.485. The molecule has 0 aliphatic heterocycles. The number of aromatic nitrogens is 5. The number of nitrogens with zero attached hydrogens (tertiary/aromatic N) is 5. The van der Waals surface area contributed by atoms with Gasteiger partial charge in [0.15, 0.2) is 0 Å². The van der Waals surface area contributed by atoms with Gasteiger partial charge in [-0.2, -0.15) is 0 Å². The lowest BCUT2D eigenvalue weighted by Crippen LogP contribution is -2.02. The molecule has 19 heavy (non-hydrogen) atoms. The van der Waals surface area contributed by atoms with E-state index in [0.29, 0.717) is 6.04 Å². The Kier molecular flexibility index (Phi) is 3.63. The van der Waals surface area contributed by atoms with Crippen molar-refractivity contribution >= 4 is 17.6 Å². The number of pyridine rings is 1. The van der Waals surface area contributed by atoms with E-state index in [1.54, 1.807) is 0 Å². The van der Waals surface area contributed by atoms with Crippen LogP contribution in [-0.4, -0.2) is 31.7 Å². The Morgan fingerprint density at radius 3 is 3.11 bits per heavy atom. The molecule has 2 aromatic rings. The molecule has 1 aliphatic rings. The maximum absolute atomic E-state index is 4.55. The second-order valence-electron chi connectivity index (χ2n) is 4.53. The fourth-order valence-electron chi connectivity index (χ4n) is 1.72. The average Bonchev–Trinajstić information content (AvgIpc) is 3.18. The number of anilines is 1. The third kappa shape index (κ3) is 3.04. The number of hydrogen-bond donors (Lipinski definition) is 1. The van der Waals surface area contributed by atoms with Crippen LogP contribution in [0.3, 0.4) is 0 Å². The van der Waals surface area contributed by atoms with E-state index in [-0.39, 0.29) is 0 Å². The monoisotopic (exact) mass is 276 g/mol. The first-order valence-corrected chi connectivity index (χ1v) is 7.35. The van der Waals surface area contributed by atoms with Gasteiger partial charge in [-0.25, -0.2) is 9.67 Å². The smallest absolute Gasteiger partial charge is 0.215 e. The van der Waals surface area contributed by atoms with Gasteiger partial charge in [-0.3, -0.25) is 0 Å². The first-order chi connectivity index (χ1) is 9.36. The summed E-state index contributed by atoms with van der Waals surface area (Å²) in [5.41, 5.74) is 0. The zero-order valence-electron chi connectivity index (χ0n) is 10.8. The largest absolute Gasteiger partial charge is 0.370 e. The highest BCUT2D eigenvalue weighted by atomic mass is 32.2. The van der Waals surface area contributed by atoms with Crippen LogP contribution in [0.2, 0.25) is 0 Å². The van der Waals surface area contributed by atoms with E-state index in [1.807, 2.05) is 22.9 Å². The van der Waals surface area contributed by atoms with E-state index in [0.717, 1.165) is 29.0 Å². The molecular formula is C12H16N6S. The predicted octanol–water partition coefficient (Wildman–Crippen LogP) is 2.38. The van der Waals surface area contributed by atoms with Gasteiger partial charge in [-0.05, 0) is 53.6 Å². The average molecular weight is 276 g/mol. The minimum Gasteiger partial charge on any atom is -0.370 e. The van der Waals surface area contributed by atoms with Gasteiger partial charge in [0.2, 0.25) is 5.16 Å². The van der Waals surface area contributed by atoms with Crippen molar-refractivity contribution in [1.82, 2.24) is 25.2 Å². The normalized spacial score (nSPS) is 14.6. The summed E-state index contributed by atoms with van der Waals surface area (Å²) in [7, 11) is 0. The van der Waals surface area contributed by atoms with Crippen LogP contribution in [0.4, 0.5) is 5.82 Å². The Labute approximate surface area is 116 Å². The van der Waals surface area contributed by atoms with Crippen LogP contribution in [0, 0.1) is 0 Å². The van der Waals surface area contributed by atoms with Crippen molar-refractivity contribution in [3.05, 3.63) is 18.2 Å². The predicted molar refractivity (Wildman–Crippen MR) is 73.2 cm³/mol. The van der Waals surface area contributed by atoms with E-state index in [1.165, 1.54) is 24.6 Å². The second kappa shape index (κ2) is 5.56. The third-order valence-corrected chi connectivity index (χ3v) is 3.72. The van der Waals surface area contributed by atoms with E-state index in [4.69, 9.17) is 0 Å². The molecule has 0 bridgehead atoms. The van der Waals surface area contributed by atoms with Crippen molar-refractivity contribution < 1.29 is 0 Å². The summed E-state index contributed by atoms with van der Waals surface area (Å²) >= 11 is 1.51. The molecule has 3 rings (SSSR count). The fourth-order valence-corrected chi connectivity index (χ4v) is 2.55. The van der Waals surface area contributed by atoms with Gasteiger partial charge in [0.25, 0.3) is 0 Å². The summed E-state index contributed by atoms with van der Waals surface area (Å²) in [6.45, 7) is 3.07. The number of tetrazole rings is 1. The van der Waals surface area contributed by atoms with E-state index >= 15 is 0 Å². The number of hydrogen-bond acceptors (Lipinski definition) is 6. The molecule has 0 radical (unpaired) electrons. The van der Waals surface area contributed by atoms with Gasteiger partial charge >= 0.3 is 0 Å². The summed E-state index contributed by atoms with van der Waals surface area (Å²) in [4.78, 5) is 4.55. The van der Waals surface area contributed by atoms with Crippen LogP contribution in [0.5, 0.6) is 0 Å². The highest BCUT2D eigenvalue weighted by Gasteiger charge is 2.28. The van der Waals surface area contributed by atoms with Crippen molar-refractivity contribution in [2.24, 2.45) is 0 Å². The van der Waals surface area contributed by atoms with Gasteiger partial charge in [0.1, 0.15) is 10.8 Å². The fraction of sp³-hybridized carbons (Fsp3) is 0.500. The number of nitrogens with one attached hydrogen (secondary N) is 1. The first-order valence-electron chi connectivity index (χ1n) is 6.53. The zero-order valence-corrected chi connectivity index (χ0v) is 11.6. The van der Waals surface area contributed by atoms with Crippen molar-refractivity contribution in [3.63, 3.8) is 0 Å². The molecule has 0 amide bonds. The van der Waals surface area contributed by atoms with Gasteiger partial charge in [-0.15, -0.1) is 5.10 Å². The van der Waals surface area contributed by atoms with Crippen molar-refractivity contribution in [1.29, 1.82) is 0 Å². The topological polar surface area (TPSA) is 68.5 Å². The van der Waals surface area contributed by atoms with Crippen LogP contribution in [-0.2, 0) is 0 Å². The molecule has 0 atom stereocenters. The summed E-state index contributed by atoms with van der Waals surface area (Å²) in [5, 5.41) is 16.9. The maximum atomic E-state index is 4.55. The quantitative estimate of drug-likeness (QED) is 0.873. The lowest BCUT2D eigenvalue weighted by atomic mass is 10.4. The molecule has 0 unspecified atom stereocenters. The summed E-state index contributed by atoms with van der Waals surface area (Å²) < 4.78 is 1.90. The van der Waals surface area contributed by atoms with Gasteiger partial charge in [-0.1, -0.05) is 13.0 Å². The van der Waals surface area contributed by atoms with Crippen LogP contribution < -0.4 is 5.32 Å². The van der Waals surface area contributed by atoms with E-state index in [9.17, 15) is 0 Å². The summed E-state index contributed by atoms with van der Waals surface area (Å²) in [5.74, 6) is 0.900. The molecule has 1 saturated carbocycles. The Hall–Kier alpha value is -1.63. The molecule has 2 aromatic heterocycles. The van der Waals surface area contributed by atoms with Gasteiger partial charge in [0, 0.05) is 6.54 Å². The molecule has 0 spiro atoms. The highest BCUT2D eigenvalue weighted by molar-refractivity contribution is 7.99. The molecule has 0 saturated heterocycles. The van der Waals surface area contributed by atoms with Gasteiger partial charge < -0.3 is 5.32 Å². The lowest BCUT2D eigenvalue weighted by molar-refractivity contribution is 0.565. The van der Waals surface area contributed by atoms with Crippen molar-refractivity contribution in [3.8, 4) is 0 Å². The summed E-state index contributed by atoms with van der Waals surface area (Å²) in [6, 6.07) is 6.44. The number of rotatable bonds is 6. The van der Waals surface area contributed by atoms with Crippen molar-refractivity contribution in [2.45, 2.75) is 42.4 Å². The second-order valence-corrected chi connectivity index (χ2v) is 5.51. The maximum Gasteiger partial charge on any atom is 0.215 e. The van der Waals surface area contributed by atoms with Crippen LogP contribution in [0.15, 0.2) is 28.4 Å².